The van der Waals surface area contributed by atoms with Crippen LogP contribution in [0, 0.1) is 0 Å². The first-order valence-corrected chi connectivity index (χ1v) is 13.4. The zero-order valence-corrected chi connectivity index (χ0v) is 20.3. The van der Waals surface area contributed by atoms with Gasteiger partial charge in [-0.05, 0) is 48.9 Å². The van der Waals surface area contributed by atoms with Gasteiger partial charge in [0, 0.05) is 38.0 Å². The van der Waals surface area contributed by atoms with Crippen LogP contribution in [0.5, 0.6) is 5.75 Å². The molecule has 1 saturated heterocycles. The third-order valence-corrected chi connectivity index (χ3v) is 7.72. The Morgan fingerprint density at radius 2 is 1.91 bits per heavy atom. The van der Waals surface area contributed by atoms with Gasteiger partial charge in [0.1, 0.15) is 5.75 Å². The minimum atomic E-state index is -3.33. The van der Waals surface area contributed by atoms with E-state index >= 15 is 0 Å². The van der Waals surface area contributed by atoms with Gasteiger partial charge in [0.25, 0.3) is 5.91 Å². The van der Waals surface area contributed by atoms with Crippen molar-refractivity contribution in [3.63, 3.8) is 0 Å². The van der Waals surface area contributed by atoms with E-state index in [-0.39, 0.29) is 10.8 Å². The lowest BCUT2D eigenvalue weighted by molar-refractivity contribution is 0.0376. The van der Waals surface area contributed by atoms with Crippen molar-refractivity contribution in [3.05, 3.63) is 48.0 Å². The molecule has 0 radical (unpaired) electrons. The van der Waals surface area contributed by atoms with E-state index in [1.165, 1.54) is 23.5 Å². The number of thiazole rings is 1. The van der Waals surface area contributed by atoms with Gasteiger partial charge < -0.3 is 9.47 Å². The van der Waals surface area contributed by atoms with Gasteiger partial charge in [-0.15, -0.1) is 0 Å². The number of hydrogen-bond acceptors (Lipinski definition) is 8. The third kappa shape index (κ3) is 5.70. The summed E-state index contributed by atoms with van der Waals surface area (Å²) in [5.41, 5.74) is 1.22. The van der Waals surface area contributed by atoms with Gasteiger partial charge in [-0.1, -0.05) is 11.3 Å². The van der Waals surface area contributed by atoms with Crippen LogP contribution in [0.25, 0.3) is 10.2 Å². The van der Waals surface area contributed by atoms with Crippen LogP contribution < -0.4 is 9.64 Å². The van der Waals surface area contributed by atoms with E-state index in [4.69, 9.17) is 14.5 Å². The monoisotopic (exact) mass is 489 g/mol. The van der Waals surface area contributed by atoms with Gasteiger partial charge in [0.05, 0.1) is 35.4 Å². The van der Waals surface area contributed by atoms with Crippen LogP contribution in [0.4, 0.5) is 5.13 Å². The molecule has 0 aliphatic carbocycles. The molecule has 0 saturated carbocycles. The van der Waals surface area contributed by atoms with E-state index in [1.807, 2.05) is 18.2 Å². The predicted octanol–water partition coefficient (Wildman–Crippen LogP) is 3.08. The molecule has 0 spiro atoms. The van der Waals surface area contributed by atoms with Crippen molar-refractivity contribution in [2.45, 2.75) is 11.3 Å². The number of aromatic nitrogens is 1. The molecule has 1 aliphatic heterocycles. The van der Waals surface area contributed by atoms with Crippen LogP contribution >= 0.6 is 11.3 Å². The van der Waals surface area contributed by atoms with Crippen LogP contribution in [-0.4, -0.2) is 77.0 Å². The number of amides is 1. The molecule has 2 heterocycles. The van der Waals surface area contributed by atoms with E-state index in [0.717, 1.165) is 61.5 Å². The number of anilines is 1. The third-order valence-electron chi connectivity index (χ3n) is 5.55. The molecule has 176 valence electrons. The molecular weight excluding hydrogens is 462 g/mol. The molecule has 0 unspecified atom stereocenters. The second-order valence-corrected chi connectivity index (χ2v) is 10.9. The van der Waals surface area contributed by atoms with Gasteiger partial charge >= 0.3 is 0 Å². The zero-order valence-electron chi connectivity index (χ0n) is 18.7. The first-order valence-electron chi connectivity index (χ1n) is 10.7. The van der Waals surface area contributed by atoms with Crippen LogP contribution in [0.3, 0.4) is 0 Å². The van der Waals surface area contributed by atoms with Gasteiger partial charge in [0.2, 0.25) is 0 Å². The Bertz CT molecular complexity index is 1220. The Kier molecular flexibility index (Phi) is 7.28. The minimum absolute atomic E-state index is 0.185. The lowest BCUT2D eigenvalue weighted by Gasteiger charge is -2.27. The molecular formula is C23H27N3O5S2. The maximum atomic E-state index is 13.5. The summed E-state index contributed by atoms with van der Waals surface area (Å²) >= 11 is 1.44. The minimum Gasteiger partial charge on any atom is -0.497 e. The molecule has 0 atom stereocenters. The first kappa shape index (κ1) is 23.6. The average Bonchev–Trinajstić information content (AvgIpc) is 3.24. The summed E-state index contributed by atoms with van der Waals surface area (Å²) in [4.78, 5) is 22.4. The molecule has 3 aromatic rings. The van der Waals surface area contributed by atoms with Crippen molar-refractivity contribution in [2.24, 2.45) is 0 Å². The fourth-order valence-corrected chi connectivity index (χ4v) is 5.35. The number of rotatable bonds is 8. The predicted molar refractivity (Wildman–Crippen MR) is 129 cm³/mol. The number of morpholine rings is 1. The van der Waals surface area contributed by atoms with Gasteiger partial charge in [0.15, 0.2) is 15.0 Å². The first-order chi connectivity index (χ1) is 15.8. The largest absolute Gasteiger partial charge is 0.497 e. The Morgan fingerprint density at radius 1 is 1.18 bits per heavy atom. The summed E-state index contributed by atoms with van der Waals surface area (Å²) in [7, 11) is -1.72. The zero-order chi connectivity index (χ0) is 23.4. The molecule has 1 fully saturated rings. The van der Waals surface area contributed by atoms with Gasteiger partial charge in [-0.2, -0.15) is 0 Å². The molecule has 10 heteroatoms. The molecule has 1 aliphatic rings. The molecule has 4 rings (SSSR count). The summed E-state index contributed by atoms with van der Waals surface area (Å²) in [6.07, 6.45) is 1.93. The summed E-state index contributed by atoms with van der Waals surface area (Å²) in [6.45, 7) is 4.60. The normalized spacial score (nSPS) is 15.0. The number of carbonyl (C=O) groups is 1. The van der Waals surface area contributed by atoms with E-state index in [2.05, 4.69) is 4.90 Å². The molecule has 1 aromatic heterocycles. The average molecular weight is 490 g/mol. The Labute approximate surface area is 197 Å². The highest BCUT2D eigenvalue weighted by Gasteiger charge is 2.22. The number of hydrogen-bond donors (Lipinski definition) is 0. The quantitative estimate of drug-likeness (QED) is 0.480. The second-order valence-electron chi connectivity index (χ2n) is 7.89. The Morgan fingerprint density at radius 3 is 2.58 bits per heavy atom. The van der Waals surface area contributed by atoms with Crippen molar-refractivity contribution >= 4 is 42.4 Å². The lowest BCUT2D eigenvalue weighted by atomic mass is 10.2. The second kappa shape index (κ2) is 10.2. The summed E-state index contributed by atoms with van der Waals surface area (Å²) in [6, 6.07) is 11.7. The Balaban J connectivity index is 1.59. The lowest BCUT2D eigenvalue weighted by Crippen LogP contribution is -2.39. The molecule has 33 heavy (non-hydrogen) atoms. The molecule has 2 aromatic carbocycles. The highest BCUT2D eigenvalue weighted by atomic mass is 32.2. The van der Waals surface area contributed by atoms with E-state index in [0.29, 0.717) is 17.2 Å². The molecule has 1 amide bonds. The maximum absolute atomic E-state index is 13.5. The van der Waals surface area contributed by atoms with E-state index in [9.17, 15) is 13.2 Å². The van der Waals surface area contributed by atoms with Gasteiger partial charge in [-0.25, -0.2) is 13.4 Å². The topological polar surface area (TPSA) is 89.0 Å². The van der Waals surface area contributed by atoms with Crippen LogP contribution in [-0.2, 0) is 14.6 Å². The van der Waals surface area contributed by atoms with Crippen molar-refractivity contribution in [2.75, 3.05) is 57.7 Å². The fraction of sp³-hybridized carbons (Fsp3) is 0.391. The number of sulfone groups is 1. The summed E-state index contributed by atoms with van der Waals surface area (Å²) in [5.74, 6) is 0.530. The van der Waals surface area contributed by atoms with E-state index < -0.39 is 9.84 Å². The van der Waals surface area contributed by atoms with Crippen LogP contribution in [0.2, 0.25) is 0 Å². The Hall–Kier alpha value is -2.53. The van der Waals surface area contributed by atoms with Crippen molar-refractivity contribution < 1.29 is 22.7 Å². The van der Waals surface area contributed by atoms with E-state index in [1.54, 1.807) is 24.1 Å². The highest BCUT2D eigenvalue weighted by Crippen LogP contribution is 2.32. The van der Waals surface area contributed by atoms with Crippen molar-refractivity contribution in [3.8, 4) is 5.75 Å². The van der Waals surface area contributed by atoms with Gasteiger partial charge in [-0.3, -0.25) is 14.6 Å². The molecule has 0 N–H and O–H groups in total. The summed E-state index contributed by atoms with van der Waals surface area (Å²) in [5, 5.41) is 0.609. The number of fused-ring (bicyclic) bond motifs is 1. The van der Waals surface area contributed by atoms with Crippen molar-refractivity contribution in [1.29, 1.82) is 0 Å². The smallest absolute Gasteiger partial charge is 0.260 e. The van der Waals surface area contributed by atoms with Crippen LogP contribution in [0.1, 0.15) is 16.8 Å². The fourth-order valence-electron chi connectivity index (χ4n) is 3.70. The number of carbonyl (C=O) groups excluding carboxylic acids is 1. The summed E-state index contributed by atoms with van der Waals surface area (Å²) < 4.78 is 35.2. The number of ether oxygens (including phenoxy) is 2. The van der Waals surface area contributed by atoms with Crippen LogP contribution in [0.15, 0.2) is 47.4 Å². The SMILES string of the molecule is COc1ccc2nc(N(CCCN3CCOCC3)C(=O)c3ccc(S(C)(=O)=O)cc3)sc2c1. The van der Waals surface area contributed by atoms with Crippen molar-refractivity contribution in [1.82, 2.24) is 9.88 Å². The molecule has 8 nitrogen and oxygen atoms in total. The highest BCUT2D eigenvalue weighted by molar-refractivity contribution is 7.90. The standard InChI is InChI=1S/C23H27N3O5S2/c1-30-18-6-9-20-21(16-18)32-23(24-20)26(11-3-10-25-12-14-31-15-13-25)22(27)17-4-7-19(8-5-17)33(2,28)29/h4-9,16H,3,10-15H2,1-2H3. The number of benzene rings is 2. The number of methoxy groups -OCH3 is 1. The maximum Gasteiger partial charge on any atom is 0.260 e. The molecule has 0 bridgehead atoms. The number of nitrogens with zero attached hydrogens (tertiary/aromatic N) is 3.